The van der Waals surface area contributed by atoms with Crippen LogP contribution in [0.3, 0.4) is 0 Å². The van der Waals surface area contributed by atoms with Gasteiger partial charge in [0.15, 0.2) is 0 Å². The lowest BCUT2D eigenvalue weighted by molar-refractivity contribution is 1.18. The fraction of sp³-hybridized carbons (Fsp3) is 0.143. The second-order valence-corrected chi connectivity index (χ2v) is 2.48. The zero-order chi connectivity index (χ0) is 6.85. The minimum Gasteiger partial charge on any atom is -0.398 e. The fourth-order valence-electron chi connectivity index (χ4n) is 0.658. The first-order valence-corrected chi connectivity index (χ1v) is 3.08. The summed E-state index contributed by atoms with van der Waals surface area (Å²) in [6.07, 6.45) is 4.35. The summed E-state index contributed by atoms with van der Waals surface area (Å²) < 4.78 is 0. The number of hydrogen-bond donors (Lipinski definition) is 1. The molecule has 48 valence electrons. The van der Waals surface area contributed by atoms with Crippen LogP contribution in [0.2, 0.25) is 0 Å². The number of rotatable bonds is 0. The molecular weight excluding hydrogens is 134 g/mol. The Labute approximate surface area is 59.5 Å². The molecule has 2 heteroatoms. The summed E-state index contributed by atoms with van der Waals surface area (Å²) in [5.41, 5.74) is 7.13. The summed E-state index contributed by atoms with van der Waals surface area (Å²) in [6, 6.07) is 0. The van der Waals surface area contributed by atoms with E-state index < -0.39 is 0 Å². The SMILES string of the molecule is C=C1C=CC(N)=C(Cl)C1. The zero-order valence-corrected chi connectivity index (χ0v) is 5.78. The van der Waals surface area contributed by atoms with E-state index in [2.05, 4.69) is 6.58 Å². The molecule has 2 N–H and O–H groups in total. The molecule has 0 radical (unpaired) electrons. The molecule has 1 aliphatic carbocycles. The first-order chi connectivity index (χ1) is 4.20. The summed E-state index contributed by atoms with van der Waals surface area (Å²) in [4.78, 5) is 0. The Balaban J connectivity index is 2.87. The van der Waals surface area contributed by atoms with Gasteiger partial charge in [0.05, 0.1) is 0 Å². The minimum absolute atomic E-state index is 0.657. The number of nitrogens with two attached hydrogens (primary N) is 1. The van der Waals surface area contributed by atoms with Crippen LogP contribution in [0.15, 0.2) is 35.0 Å². The molecule has 0 aliphatic heterocycles. The maximum Gasteiger partial charge on any atom is 0.0465 e. The molecule has 1 nitrogen and oxygen atoms in total. The predicted molar refractivity (Wildman–Crippen MR) is 40.0 cm³/mol. The fourth-order valence-corrected chi connectivity index (χ4v) is 0.893. The molecule has 0 spiro atoms. The highest BCUT2D eigenvalue weighted by molar-refractivity contribution is 6.30. The second-order valence-electron chi connectivity index (χ2n) is 2.03. The molecule has 0 saturated heterocycles. The lowest BCUT2D eigenvalue weighted by Gasteiger charge is -2.06. The Kier molecular flexibility index (Phi) is 1.63. The van der Waals surface area contributed by atoms with Crippen LogP contribution in [0.1, 0.15) is 6.42 Å². The lowest BCUT2D eigenvalue weighted by Crippen LogP contribution is -2.00. The highest BCUT2D eigenvalue weighted by atomic mass is 35.5. The highest BCUT2D eigenvalue weighted by Crippen LogP contribution is 2.21. The molecule has 0 atom stereocenters. The van der Waals surface area contributed by atoms with Gasteiger partial charge in [-0.3, -0.25) is 0 Å². The topological polar surface area (TPSA) is 26.0 Å². The van der Waals surface area contributed by atoms with Gasteiger partial charge in [0, 0.05) is 17.2 Å². The molecule has 9 heavy (non-hydrogen) atoms. The summed E-state index contributed by atoms with van der Waals surface area (Å²) in [5, 5.41) is 0.697. The first-order valence-electron chi connectivity index (χ1n) is 2.70. The van der Waals surface area contributed by atoms with E-state index in [1.54, 1.807) is 6.08 Å². The van der Waals surface area contributed by atoms with E-state index in [1.165, 1.54) is 0 Å². The molecule has 0 unspecified atom stereocenters. The average molecular weight is 142 g/mol. The molecule has 0 aromatic rings. The molecule has 1 aliphatic rings. The third-order valence-electron chi connectivity index (χ3n) is 1.19. The Morgan fingerprint density at radius 1 is 1.56 bits per heavy atom. The summed E-state index contributed by atoms with van der Waals surface area (Å²) in [6.45, 7) is 3.74. The van der Waals surface area contributed by atoms with Gasteiger partial charge in [-0.2, -0.15) is 0 Å². The van der Waals surface area contributed by atoms with E-state index in [4.69, 9.17) is 17.3 Å². The van der Waals surface area contributed by atoms with Crippen molar-refractivity contribution in [2.45, 2.75) is 6.42 Å². The van der Waals surface area contributed by atoms with Crippen molar-refractivity contribution in [2.75, 3.05) is 0 Å². The van der Waals surface area contributed by atoms with Crippen molar-refractivity contribution in [2.24, 2.45) is 5.73 Å². The van der Waals surface area contributed by atoms with E-state index >= 15 is 0 Å². The van der Waals surface area contributed by atoms with Crippen molar-refractivity contribution < 1.29 is 0 Å². The maximum atomic E-state index is 5.70. The molecule has 0 aromatic carbocycles. The molecule has 0 aromatic heterocycles. The van der Waals surface area contributed by atoms with Gasteiger partial charge in [-0.15, -0.1) is 0 Å². The van der Waals surface area contributed by atoms with Crippen molar-refractivity contribution in [1.82, 2.24) is 0 Å². The smallest absolute Gasteiger partial charge is 0.0465 e. The predicted octanol–water partition coefficient (Wildman–Crippen LogP) is 1.91. The van der Waals surface area contributed by atoms with Crippen molar-refractivity contribution >= 4 is 11.6 Å². The molecule has 0 saturated carbocycles. The second kappa shape index (κ2) is 2.28. The van der Waals surface area contributed by atoms with Crippen molar-refractivity contribution in [1.29, 1.82) is 0 Å². The van der Waals surface area contributed by atoms with Crippen LogP contribution in [-0.2, 0) is 0 Å². The maximum absolute atomic E-state index is 5.70. The first kappa shape index (κ1) is 6.43. The molecule has 0 fully saturated rings. The third-order valence-corrected chi connectivity index (χ3v) is 1.55. The Bertz CT molecular complexity index is 201. The largest absolute Gasteiger partial charge is 0.398 e. The van der Waals surface area contributed by atoms with Crippen LogP contribution in [-0.4, -0.2) is 0 Å². The average Bonchev–Trinajstić information content (AvgIpc) is 1.80. The van der Waals surface area contributed by atoms with Crippen LogP contribution >= 0.6 is 11.6 Å². The number of hydrogen-bond acceptors (Lipinski definition) is 1. The molecule has 0 bridgehead atoms. The van der Waals surface area contributed by atoms with Gasteiger partial charge in [-0.25, -0.2) is 0 Å². The van der Waals surface area contributed by atoms with Gasteiger partial charge in [0.1, 0.15) is 0 Å². The number of halogens is 1. The highest BCUT2D eigenvalue weighted by Gasteiger charge is 2.03. The zero-order valence-electron chi connectivity index (χ0n) is 5.02. The van der Waals surface area contributed by atoms with Crippen molar-refractivity contribution in [3.63, 3.8) is 0 Å². The standard InChI is InChI=1S/C7H8ClN/c1-5-2-3-7(9)6(8)4-5/h2-3H,1,4,9H2. The van der Waals surface area contributed by atoms with Gasteiger partial charge in [0.2, 0.25) is 0 Å². The van der Waals surface area contributed by atoms with Gasteiger partial charge >= 0.3 is 0 Å². The van der Waals surface area contributed by atoms with Crippen molar-refractivity contribution in [3.8, 4) is 0 Å². The van der Waals surface area contributed by atoms with Crippen molar-refractivity contribution in [3.05, 3.63) is 35.0 Å². The summed E-state index contributed by atoms with van der Waals surface area (Å²) in [7, 11) is 0. The quantitative estimate of drug-likeness (QED) is 0.548. The van der Waals surface area contributed by atoms with Gasteiger partial charge in [0.25, 0.3) is 0 Å². The van der Waals surface area contributed by atoms with Crippen LogP contribution in [0.5, 0.6) is 0 Å². The molecule has 0 amide bonds. The lowest BCUT2D eigenvalue weighted by atomic mass is 10.1. The van der Waals surface area contributed by atoms with Crippen LogP contribution in [0, 0.1) is 0 Å². The normalized spacial score (nSPS) is 19.0. The number of allylic oxidation sites excluding steroid dienone is 4. The van der Waals surface area contributed by atoms with Gasteiger partial charge in [-0.05, 0) is 11.6 Å². The van der Waals surface area contributed by atoms with Gasteiger partial charge < -0.3 is 5.73 Å². The van der Waals surface area contributed by atoms with Gasteiger partial charge in [-0.1, -0.05) is 24.3 Å². The molecular formula is C7H8ClN. The Morgan fingerprint density at radius 2 is 2.22 bits per heavy atom. The van der Waals surface area contributed by atoms with E-state index in [1.807, 2.05) is 6.08 Å². The van der Waals surface area contributed by atoms with E-state index in [-0.39, 0.29) is 0 Å². The molecule has 0 heterocycles. The van der Waals surface area contributed by atoms with Crippen LogP contribution in [0.25, 0.3) is 0 Å². The summed E-state index contributed by atoms with van der Waals surface area (Å²) >= 11 is 5.70. The van der Waals surface area contributed by atoms with Crippen LogP contribution in [0.4, 0.5) is 0 Å². The monoisotopic (exact) mass is 141 g/mol. The summed E-state index contributed by atoms with van der Waals surface area (Å²) in [5.74, 6) is 0. The third kappa shape index (κ3) is 1.36. The van der Waals surface area contributed by atoms with Crippen LogP contribution < -0.4 is 5.73 Å². The van der Waals surface area contributed by atoms with E-state index in [0.717, 1.165) is 5.57 Å². The Hall–Kier alpha value is -0.690. The van der Waals surface area contributed by atoms with E-state index in [0.29, 0.717) is 17.2 Å². The van der Waals surface area contributed by atoms with E-state index in [9.17, 15) is 0 Å². The Morgan fingerprint density at radius 3 is 2.67 bits per heavy atom. The minimum atomic E-state index is 0.657. The molecule has 1 rings (SSSR count).